The number of hydrogen-bond donors (Lipinski definition) is 1. The Kier molecular flexibility index (Phi) is 6.42. The average molecular weight is 387 g/mol. The number of nitrogens with one attached hydrogen (secondary N) is 1. The Morgan fingerprint density at radius 1 is 1.04 bits per heavy atom. The summed E-state index contributed by atoms with van der Waals surface area (Å²) in [7, 11) is -3.76. The maximum atomic E-state index is 13.5. The molecule has 6 heteroatoms. The lowest BCUT2D eigenvalue weighted by atomic mass is 10.0. The summed E-state index contributed by atoms with van der Waals surface area (Å²) >= 11 is 0. The minimum atomic E-state index is -3.76. The monoisotopic (exact) mass is 386 g/mol. The Balaban J connectivity index is 2.02. The summed E-state index contributed by atoms with van der Waals surface area (Å²) < 4.78 is 28.7. The molecule has 0 aromatic heterocycles. The molecule has 0 amide bonds. The topological polar surface area (TPSA) is 66.5 Å². The van der Waals surface area contributed by atoms with E-state index in [1.54, 1.807) is 52.8 Å². The third-order valence-electron chi connectivity index (χ3n) is 4.91. The SMILES string of the molecule is CCCN(C1CCNCC1)S(=O)(=O)c1ccccc1C(=O)c1ccccc1. The number of sulfonamides is 1. The molecule has 1 aliphatic heterocycles. The van der Waals surface area contributed by atoms with Crippen molar-refractivity contribution < 1.29 is 13.2 Å². The molecule has 0 radical (unpaired) electrons. The molecule has 2 aromatic rings. The molecule has 1 heterocycles. The van der Waals surface area contributed by atoms with Crippen LogP contribution in [0.4, 0.5) is 0 Å². The normalized spacial score (nSPS) is 15.8. The lowest BCUT2D eigenvalue weighted by Gasteiger charge is -2.34. The number of piperidine rings is 1. The van der Waals surface area contributed by atoms with Gasteiger partial charge in [-0.15, -0.1) is 0 Å². The van der Waals surface area contributed by atoms with Crippen LogP contribution in [0.15, 0.2) is 59.5 Å². The van der Waals surface area contributed by atoms with E-state index in [-0.39, 0.29) is 22.3 Å². The van der Waals surface area contributed by atoms with Gasteiger partial charge < -0.3 is 5.32 Å². The first-order valence-electron chi connectivity index (χ1n) is 9.47. The van der Waals surface area contributed by atoms with Gasteiger partial charge in [-0.1, -0.05) is 49.4 Å². The van der Waals surface area contributed by atoms with Gasteiger partial charge in [0.1, 0.15) is 0 Å². The van der Waals surface area contributed by atoms with Gasteiger partial charge in [0.25, 0.3) is 0 Å². The van der Waals surface area contributed by atoms with Gasteiger partial charge in [0.05, 0.1) is 4.90 Å². The summed E-state index contributed by atoms with van der Waals surface area (Å²) in [4.78, 5) is 13.1. The summed E-state index contributed by atoms with van der Waals surface area (Å²) in [6, 6.07) is 15.3. The van der Waals surface area contributed by atoms with Gasteiger partial charge in [-0.25, -0.2) is 8.42 Å². The van der Waals surface area contributed by atoms with Crippen molar-refractivity contribution in [2.75, 3.05) is 19.6 Å². The molecule has 5 nitrogen and oxygen atoms in total. The molecule has 1 N–H and O–H groups in total. The van der Waals surface area contributed by atoms with Crippen molar-refractivity contribution in [2.45, 2.75) is 37.1 Å². The van der Waals surface area contributed by atoms with Gasteiger partial charge >= 0.3 is 0 Å². The summed E-state index contributed by atoms with van der Waals surface area (Å²) in [6.07, 6.45) is 2.31. The third kappa shape index (κ3) is 4.29. The quantitative estimate of drug-likeness (QED) is 0.743. The average Bonchev–Trinajstić information content (AvgIpc) is 2.72. The van der Waals surface area contributed by atoms with Crippen LogP contribution in [0.5, 0.6) is 0 Å². The van der Waals surface area contributed by atoms with Crippen LogP contribution in [-0.4, -0.2) is 44.2 Å². The van der Waals surface area contributed by atoms with Gasteiger partial charge in [-0.2, -0.15) is 4.31 Å². The molecular formula is C21H26N2O3S. The largest absolute Gasteiger partial charge is 0.317 e. The second-order valence-corrected chi connectivity index (χ2v) is 8.65. The summed E-state index contributed by atoms with van der Waals surface area (Å²) in [5.41, 5.74) is 0.725. The van der Waals surface area contributed by atoms with E-state index in [2.05, 4.69) is 5.32 Å². The molecule has 0 unspecified atom stereocenters. The highest BCUT2D eigenvalue weighted by atomic mass is 32.2. The second-order valence-electron chi connectivity index (χ2n) is 6.79. The molecule has 0 spiro atoms. The zero-order valence-corrected chi connectivity index (χ0v) is 16.4. The predicted molar refractivity (Wildman–Crippen MR) is 106 cm³/mol. The van der Waals surface area contributed by atoms with E-state index in [4.69, 9.17) is 0 Å². The van der Waals surface area contributed by atoms with E-state index in [1.807, 2.05) is 13.0 Å². The highest BCUT2D eigenvalue weighted by Crippen LogP contribution is 2.27. The van der Waals surface area contributed by atoms with E-state index in [1.165, 1.54) is 0 Å². The van der Waals surface area contributed by atoms with Crippen LogP contribution in [-0.2, 0) is 10.0 Å². The van der Waals surface area contributed by atoms with Gasteiger partial charge in [0.2, 0.25) is 10.0 Å². The maximum Gasteiger partial charge on any atom is 0.244 e. The minimum Gasteiger partial charge on any atom is -0.317 e. The lowest BCUT2D eigenvalue weighted by Crippen LogP contribution is -2.46. The Morgan fingerprint density at radius 2 is 1.67 bits per heavy atom. The second kappa shape index (κ2) is 8.78. The van der Waals surface area contributed by atoms with Crippen molar-refractivity contribution in [3.8, 4) is 0 Å². The van der Waals surface area contributed by atoms with E-state index in [0.29, 0.717) is 12.1 Å². The molecule has 1 saturated heterocycles. The van der Waals surface area contributed by atoms with E-state index in [0.717, 1.165) is 32.4 Å². The number of benzene rings is 2. The van der Waals surface area contributed by atoms with Crippen molar-refractivity contribution in [1.82, 2.24) is 9.62 Å². The van der Waals surface area contributed by atoms with Crippen molar-refractivity contribution in [3.05, 3.63) is 65.7 Å². The van der Waals surface area contributed by atoms with Crippen LogP contribution < -0.4 is 5.32 Å². The predicted octanol–water partition coefficient (Wildman–Crippen LogP) is 3.07. The zero-order valence-electron chi connectivity index (χ0n) is 15.6. The van der Waals surface area contributed by atoms with Crippen LogP contribution in [0.2, 0.25) is 0 Å². The summed E-state index contributed by atoms with van der Waals surface area (Å²) in [5, 5.41) is 3.28. The Bertz CT molecular complexity index is 875. The summed E-state index contributed by atoms with van der Waals surface area (Å²) in [5.74, 6) is -0.267. The van der Waals surface area contributed by atoms with E-state index in [9.17, 15) is 13.2 Å². The molecule has 1 fully saturated rings. The number of rotatable bonds is 7. The van der Waals surface area contributed by atoms with Gasteiger partial charge in [-0.05, 0) is 44.5 Å². The van der Waals surface area contributed by atoms with Crippen molar-refractivity contribution in [1.29, 1.82) is 0 Å². The number of nitrogens with zero attached hydrogens (tertiary/aromatic N) is 1. The Labute approximate surface area is 161 Å². The van der Waals surface area contributed by atoms with Crippen molar-refractivity contribution >= 4 is 15.8 Å². The first-order valence-corrected chi connectivity index (χ1v) is 10.9. The fourth-order valence-corrected chi connectivity index (χ4v) is 5.53. The zero-order chi connectivity index (χ0) is 19.3. The molecule has 0 bridgehead atoms. The van der Waals surface area contributed by atoms with Gasteiger partial charge in [0, 0.05) is 23.7 Å². The first kappa shape index (κ1) is 19.7. The molecular weight excluding hydrogens is 360 g/mol. The minimum absolute atomic E-state index is 0.0314. The van der Waals surface area contributed by atoms with Crippen LogP contribution in [0.3, 0.4) is 0 Å². The summed E-state index contributed by atoms with van der Waals surface area (Å²) in [6.45, 7) is 4.06. The third-order valence-corrected chi connectivity index (χ3v) is 6.92. The fraction of sp³-hybridized carbons (Fsp3) is 0.381. The highest BCUT2D eigenvalue weighted by molar-refractivity contribution is 7.89. The number of carbonyl (C=O) groups is 1. The van der Waals surface area contributed by atoms with Crippen LogP contribution >= 0.6 is 0 Å². The number of ketones is 1. The van der Waals surface area contributed by atoms with E-state index >= 15 is 0 Å². The smallest absolute Gasteiger partial charge is 0.244 e. The highest BCUT2D eigenvalue weighted by Gasteiger charge is 2.34. The molecule has 2 aromatic carbocycles. The van der Waals surface area contributed by atoms with E-state index < -0.39 is 10.0 Å². The van der Waals surface area contributed by atoms with Gasteiger partial charge in [-0.3, -0.25) is 4.79 Å². The number of hydrogen-bond acceptors (Lipinski definition) is 4. The van der Waals surface area contributed by atoms with Gasteiger partial charge in [0.15, 0.2) is 5.78 Å². The molecule has 0 atom stereocenters. The van der Waals surface area contributed by atoms with Crippen LogP contribution in [0.25, 0.3) is 0 Å². The molecule has 1 aliphatic rings. The Hall–Kier alpha value is -2.02. The molecule has 27 heavy (non-hydrogen) atoms. The number of carbonyl (C=O) groups excluding carboxylic acids is 1. The maximum absolute atomic E-state index is 13.5. The lowest BCUT2D eigenvalue weighted by molar-refractivity contribution is 0.103. The Morgan fingerprint density at radius 3 is 2.33 bits per heavy atom. The van der Waals surface area contributed by atoms with Crippen molar-refractivity contribution in [2.24, 2.45) is 0 Å². The molecule has 144 valence electrons. The van der Waals surface area contributed by atoms with Crippen LogP contribution in [0, 0.1) is 0 Å². The molecule has 3 rings (SSSR count). The fourth-order valence-electron chi connectivity index (χ4n) is 3.56. The molecule has 0 saturated carbocycles. The van der Waals surface area contributed by atoms with Crippen LogP contribution in [0.1, 0.15) is 42.1 Å². The first-order chi connectivity index (χ1) is 13.1. The molecule has 0 aliphatic carbocycles. The van der Waals surface area contributed by atoms with Crippen molar-refractivity contribution in [3.63, 3.8) is 0 Å². The standard InChI is InChI=1S/C21H26N2O3S/c1-2-16-23(18-12-14-22-15-13-18)27(25,26)20-11-7-6-10-19(20)21(24)17-8-4-3-5-9-17/h3-11,18,22H,2,12-16H2,1H3.